The Morgan fingerprint density at radius 2 is 2.00 bits per heavy atom. The van der Waals surface area contributed by atoms with Crippen molar-refractivity contribution in [2.75, 3.05) is 6.54 Å². The highest BCUT2D eigenvalue weighted by atomic mass is 16.5. The normalized spacial score (nSPS) is 22.5. The average Bonchev–Trinajstić information content (AvgIpc) is 3.45. The number of nitrogens with zero attached hydrogens (tertiary/aromatic N) is 5. The summed E-state index contributed by atoms with van der Waals surface area (Å²) in [5, 5.41) is 0. The van der Waals surface area contributed by atoms with Gasteiger partial charge in [-0.1, -0.05) is 6.07 Å². The van der Waals surface area contributed by atoms with Crippen LogP contribution in [0.5, 0.6) is 5.88 Å². The second-order valence-corrected chi connectivity index (χ2v) is 8.40. The summed E-state index contributed by atoms with van der Waals surface area (Å²) in [7, 11) is 1.91. The van der Waals surface area contributed by atoms with Crippen molar-refractivity contribution in [3.05, 3.63) is 59.7 Å². The van der Waals surface area contributed by atoms with Gasteiger partial charge in [-0.05, 0) is 50.3 Å². The van der Waals surface area contributed by atoms with Gasteiger partial charge in [-0.3, -0.25) is 4.79 Å². The lowest BCUT2D eigenvalue weighted by Crippen LogP contribution is -2.47. The van der Waals surface area contributed by atoms with Crippen molar-refractivity contribution in [1.82, 2.24) is 24.4 Å². The molecule has 1 saturated carbocycles. The Kier molecular flexibility index (Phi) is 4.53. The quantitative estimate of drug-likeness (QED) is 0.669. The first-order valence-corrected chi connectivity index (χ1v) is 10.3. The molecule has 5 rings (SSSR count). The van der Waals surface area contributed by atoms with Gasteiger partial charge in [-0.15, -0.1) is 0 Å². The number of likely N-dealkylation sites (tertiary alicyclic amines) is 1. The molecule has 154 valence electrons. The molecule has 0 aromatic carbocycles. The summed E-state index contributed by atoms with van der Waals surface area (Å²) < 4.78 is 8.08. The van der Waals surface area contributed by atoms with Crippen LogP contribution in [0.15, 0.2) is 42.9 Å². The van der Waals surface area contributed by atoms with E-state index < -0.39 is 0 Å². The van der Waals surface area contributed by atoms with E-state index >= 15 is 0 Å². The van der Waals surface area contributed by atoms with Gasteiger partial charge in [-0.2, -0.15) is 0 Å². The van der Waals surface area contributed by atoms with E-state index in [1.54, 1.807) is 6.20 Å². The summed E-state index contributed by atoms with van der Waals surface area (Å²) in [5.74, 6) is 1.78. The number of hydrogen-bond acceptors (Lipinski definition) is 5. The van der Waals surface area contributed by atoms with Crippen LogP contribution in [0.3, 0.4) is 0 Å². The van der Waals surface area contributed by atoms with Gasteiger partial charge in [0.1, 0.15) is 11.8 Å². The van der Waals surface area contributed by atoms with Crippen molar-refractivity contribution < 1.29 is 9.53 Å². The zero-order chi connectivity index (χ0) is 20.8. The molecule has 3 aromatic heterocycles. The summed E-state index contributed by atoms with van der Waals surface area (Å²) in [5.41, 5.74) is 3.18. The number of pyridine rings is 2. The van der Waals surface area contributed by atoms with Gasteiger partial charge in [0.05, 0.1) is 11.6 Å². The predicted octanol–water partition coefficient (Wildman–Crippen LogP) is 3.18. The fourth-order valence-corrected chi connectivity index (χ4v) is 4.65. The van der Waals surface area contributed by atoms with Crippen LogP contribution in [0.1, 0.15) is 34.5 Å². The molecule has 1 saturated heterocycles. The van der Waals surface area contributed by atoms with Gasteiger partial charge >= 0.3 is 0 Å². The van der Waals surface area contributed by atoms with E-state index in [1.807, 2.05) is 67.0 Å². The first-order chi connectivity index (χ1) is 14.5. The summed E-state index contributed by atoms with van der Waals surface area (Å²) in [6, 6.07) is 7.71. The topological polar surface area (TPSA) is 73.1 Å². The zero-order valence-corrected chi connectivity index (χ0v) is 17.4. The molecule has 2 aliphatic rings. The highest BCUT2D eigenvalue weighted by Gasteiger charge is 2.48. The van der Waals surface area contributed by atoms with Crippen LogP contribution >= 0.6 is 0 Å². The molecule has 1 amide bonds. The van der Waals surface area contributed by atoms with Crippen LogP contribution in [-0.2, 0) is 7.05 Å². The van der Waals surface area contributed by atoms with Crippen molar-refractivity contribution >= 4 is 5.91 Å². The SMILES string of the molecule is Cc1ccc(OC2CC3CC2N(C(=O)c2ccc(C)nc2-c2nccn2C)C3)nc1. The van der Waals surface area contributed by atoms with Crippen molar-refractivity contribution in [1.29, 1.82) is 0 Å². The monoisotopic (exact) mass is 403 g/mol. The number of carbonyl (C=O) groups excluding carboxylic acids is 1. The fraction of sp³-hybridized carbons (Fsp3) is 0.391. The number of piperidine rings is 1. The number of aryl methyl sites for hydroxylation is 3. The van der Waals surface area contributed by atoms with E-state index in [1.165, 1.54) is 0 Å². The number of imidazole rings is 1. The van der Waals surface area contributed by atoms with Crippen LogP contribution in [0, 0.1) is 19.8 Å². The standard InChI is InChI=1S/C23H25N5O2/c1-14-4-7-20(25-12-14)30-19-11-16-10-18(19)28(13-16)23(29)17-6-5-15(2)26-21(17)22-24-8-9-27(22)3/h4-9,12,16,18-19H,10-11,13H2,1-3H3. The maximum Gasteiger partial charge on any atom is 0.256 e. The largest absolute Gasteiger partial charge is 0.472 e. The van der Waals surface area contributed by atoms with Gasteiger partial charge in [0.15, 0.2) is 5.82 Å². The maximum absolute atomic E-state index is 13.6. The van der Waals surface area contributed by atoms with E-state index in [0.29, 0.717) is 28.9 Å². The van der Waals surface area contributed by atoms with Crippen molar-refractivity contribution in [2.24, 2.45) is 13.0 Å². The fourth-order valence-electron chi connectivity index (χ4n) is 4.65. The molecule has 0 spiro atoms. The van der Waals surface area contributed by atoms with Gasteiger partial charge in [-0.25, -0.2) is 15.0 Å². The Labute approximate surface area is 175 Å². The van der Waals surface area contributed by atoms with Crippen LogP contribution < -0.4 is 4.74 Å². The van der Waals surface area contributed by atoms with E-state index in [0.717, 1.165) is 30.6 Å². The molecule has 2 fully saturated rings. The lowest BCUT2D eigenvalue weighted by atomic mass is 10.0. The van der Waals surface area contributed by atoms with Crippen molar-refractivity contribution in [2.45, 2.75) is 38.8 Å². The number of carbonyl (C=O) groups is 1. The van der Waals surface area contributed by atoms with Gasteiger partial charge in [0.2, 0.25) is 5.88 Å². The third kappa shape index (κ3) is 3.24. The molecule has 3 unspecified atom stereocenters. The minimum Gasteiger partial charge on any atom is -0.472 e. The van der Waals surface area contributed by atoms with E-state index in [9.17, 15) is 4.79 Å². The maximum atomic E-state index is 13.6. The van der Waals surface area contributed by atoms with Gasteiger partial charge in [0, 0.05) is 43.9 Å². The summed E-state index contributed by atoms with van der Waals surface area (Å²) in [4.78, 5) is 29.0. The van der Waals surface area contributed by atoms with Crippen molar-refractivity contribution in [3.63, 3.8) is 0 Å². The second kappa shape index (κ2) is 7.23. The van der Waals surface area contributed by atoms with E-state index in [2.05, 4.69) is 15.0 Å². The molecule has 1 aliphatic heterocycles. The Morgan fingerprint density at radius 3 is 2.70 bits per heavy atom. The third-order valence-electron chi connectivity index (χ3n) is 6.14. The minimum absolute atomic E-state index is 0.00170. The lowest BCUT2D eigenvalue weighted by molar-refractivity contribution is 0.0467. The summed E-state index contributed by atoms with van der Waals surface area (Å²) in [6.45, 7) is 4.69. The molecular weight excluding hydrogens is 378 g/mol. The van der Waals surface area contributed by atoms with Crippen LogP contribution in [-0.4, -0.2) is 49.0 Å². The van der Waals surface area contributed by atoms with E-state index in [-0.39, 0.29) is 18.1 Å². The number of ether oxygens (including phenoxy) is 1. The molecule has 0 N–H and O–H groups in total. The highest BCUT2D eigenvalue weighted by Crippen LogP contribution is 2.40. The second-order valence-electron chi connectivity index (χ2n) is 8.40. The Morgan fingerprint density at radius 1 is 1.13 bits per heavy atom. The molecule has 4 heterocycles. The third-order valence-corrected chi connectivity index (χ3v) is 6.14. The predicted molar refractivity (Wildman–Crippen MR) is 112 cm³/mol. The Hall–Kier alpha value is -3.22. The molecule has 3 aromatic rings. The van der Waals surface area contributed by atoms with Gasteiger partial charge in [0.25, 0.3) is 5.91 Å². The molecule has 30 heavy (non-hydrogen) atoms. The summed E-state index contributed by atoms with van der Waals surface area (Å²) >= 11 is 0. The van der Waals surface area contributed by atoms with Crippen LogP contribution in [0.25, 0.3) is 11.5 Å². The van der Waals surface area contributed by atoms with Crippen molar-refractivity contribution in [3.8, 4) is 17.4 Å². The first-order valence-electron chi connectivity index (χ1n) is 10.3. The molecule has 7 nitrogen and oxygen atoms in total. The van der Waals surface area contributed by atoms with Crippen LogP contribution in [0.4, 0.5) is 0 Å². The first kappa shape index (κ1) is 18.8. The number of aromatic nitrogens is 4. The number of hydrogen-bond donors (Lipinski definition) is 0. The van der Waals surface area contributed by atoms with E-state index in [4.69, 9.17) is 4.74 Å². The minimum atomic E-state index is -0.0297. The zero-order valence-electron chi connectivity index (χ0n) is 17.4. The Balaban J connectivity index is 1.42. The number of amides is 1. The number of rotatable bonds is 4. The Bertz CT molecular complexity index is 1090. The molecule has 2 bridgehead atoms. The molecule has 3 atom stereocenters. The molecule has 0 radical (unpaired) electrons. The molecule has 1 aliphatic carbocycles. The average molecular weight is 403 g/mol. The molecule has 7 heteroatoms. The lowest BCUT2D eigenvalue weighted by Gasteiger charge is -2.33. The smallest absolute Gasteiger partial charge is 0.256 e. The van der Waals surface area contributed by atoms with Crippen LogP contribution in [0.2, 0.25) is 0 Å². The highest BCUT2D eigenvalue weighted by molar-refractivity contribution is 5.99. The van der Waals surface area contributed by atoms with Gasteiger partial charge < -0.3 is 14.2 Å². The summed E-state index contributed by atoms with van der Waals surface area (Å²) in [6.07, 6.45) is 7.30. The number of fused-ring (bicyclic) bond motifs is 2. The molecular formula is C23H25N5O2.